The minimum Gasteiger partial charge on any atom is -0.478 e. The van der Waals surface area contributed by atoms with E-state index < -0.39 is 5.97 Å². The molecule has 3 nitrogen and oxygen atoms in total. The summed E-state index contributed by atoms with van der Waals surface area (Å²) < 4.78 is 0. The highest BCUT2D eigenvalue weighted by atomic mass is 32.2. The van der Waals surface area contributed by atoms with Crippen molar-refractivity contribution in [1.82, 2.24) is 4.98 Å². The van der Waals surface area contributed by atoms with Crippen LogP contribution in [-0.4, -0.2) is 16.1 Å². The number of carbonyl (C=O) groups is 1. The molecule has 0 radical (unpaired) electrons. The van der Waals surface area contributed by atoms with Crippen LogP contribution in [0.15, 0.2) is 47.6 Å². The van der Waals surface area contributed by atoms with Crippen molar-refractivity contribution in [3.63, 3.8) is 0 Å². The van der Waals surface area contributed by atoms with Crippen LogP contribution in [0.1, 0.15) is 21.5 Å². The summed E-state index contributed by atoms with van der Waals surface area (Å²) >= 11 is 1.50. The second kappa shape index (κ2) is 5.69. The molecule has 2 aromatic rings. The van der Waals surface area contributed by atoms with E-state index in [2.05, 4.69) is 24.0 Å². The molecule has 0 aliphatic rings. The number of aryl methyl sites for hydroxylation is 1. The summed E-state index contributed by atoms with van der Waals surface area (Å²) in [5.74, 6) is -0.164. The van der Waals surface area contributed by atoms with Gasteiger partial charge in [-0.2, -0.15) is 0 Å². The number of aromatic nitrogens is 1. The van der Waals surface area contributed by atoms with E-state index in [-0.39, 0.29) is 0 Å². The quantitative estimate of drug-likeness (QED) is 0.855. The standard InChI is InChI=1S/C14H13NO2S/c1-10-4-2-3-5-11(10)9-18-13-8-15-7-6-12(13)14(16)17/h2-8H,9H2,1H3,(H,16,17). The number of thioether (sulfide) groups is 1. The van der Waals surface area contributed by atoms with Gasteiger partial charge in [-0.05, 0) is 24.1 Å². The molecule has 2 rings (SSSR count). The molecule has 0 atom stereocenters. The van der Waals surface area contributed by atoms with Gasteiger partial charge in [0, 0.05) is 23.0 Å². The minimum absolute atomic E-state index is 0.309. The summed E-state index contributed by atoms with van der Waals surface area (Å²) in [4.78, 5) is 15.7. The number of carboxylic acids is 1. The van der Waals surface area contributed by atoms with Gasteiger partial charge in [-0.3, -0.25) is 4.98 Å². The Balaban J connectivity index is 2.16. The average Bonchev–Trinajstić information content (AvgIpc) is 2.38. The first-order chi connectivity index (χ1) is 8.68. The Bertz CT molecular complexity index is 569. The zero-order valence-electron chi connectivity index (χ0n) is 9.96. The number of hydrogen-bond donors (Lipinski definition) is 1. The van der Waals surface area contributed by atoms with Crippen molar-refractivity contribution in [2.75, 3.05) is 0 Å². The van der Waals surface area contributed by atoms with E-state index in [0.717, 1.165) is 5.75 Å². The molecule has 1 N–H and O–H groups in total. The van der Waals surface area contributed by atoms with Crippen LogP contribution in [-0.2, 0) is 5.75 Å². The molecule has 0 unspecified atom stereocenters. The lowest BCUT2D eigenvalue weighted by atomic mass is 10.1. The van der Waals surface area contributed by atoms with E-state index in [4.69, 9.17) is 5.11 Å². The lowest BCUT2D eigenvalue weighted by molar-refractivity contribution is 0.0693. The number of carboxylic acid groups (broad SMARTS) is 1. The third-order valence-corrected chi connectivity index (χ3v) is 3.75. The van der Waals surface area contributed by atoms with Crippen LogP contribution in [0.25, 0.3) is 0 Å². The molecule has 18 heavy (non-hydrogen) atoms. The van der Waals surface area contributed by atoms with Crippen LogP contribution in [0.4, 0.5) is 0 Å². The zero-order valence-corrected chi connectivity index (χ0v) is 10.8. The largest absolute Gasteiger partial charge is 0.478 e. The highest BCUT2D eigenvalue weighted by molar-refractivity contribution is 7.98. The molecule has 1 heterocycles. The molecule has 0 spiro atoms. The molecular formula is C14H13NO2S. The summed E-state index contributed by atoms with van der Waals surface area (Å²) in [6.45, 7) is 2.05. The van der Waals surface area contributed by atoms with E-state index in [0.29, 0.717) is 10.5 Å². The number of aromatic carboxylic acids is 1. The Morgan fingerprint density at radius 1 is 1.33 bits per heavy atom. The van der Waals surface area contributed by atoms with Gasteiger partial charge in [-0.1, -0.05) is 24.3 Å². The molecule has 0 aliphatic heterocycles. The molecule has 1 aromatic carbocycles. The van der Waals surface area contributed by atoms with Crippen molar-refractivity contribution in [2.24, 2.45) is 0 Å². The van der Waals surface area contributed by atoms with Crippen LogP contribution in [0.5, 0.6) is 0 Å². The number of nitrogens with zero attached hydrogens (tertiary/aromatic N) is 1. The second-order valence-electron chi connectivity index (χ2n) is 3.89. The lowest BCUT2D eigenvalue weighted by Crippen LogP contribution is -1.99. The first-order valence-electron chi connectivity index (χ1n) is 5.53. The molecular weight excluding hydrogens is 246 g/mol. The Kier molecular flexibility index (Phi) is 3.99. The first kappa shape index (κ1) is 12.6. The Labute approximate surface area is 110 Å². The zero-order chi connectivity index (χ0) is 13.0. The fourth-order valence-corrected chi connectivity index (χ4v) is 2.68. The predicted octanol–water partition coefficient (Wildman–Crippen LogP) is 3.38. The Morgan fingerprint density at radius 2 is 2.11 bits per heavy atom. The molecule has 0 bridgehead atoms. The maximum atomic E-state index is 11.1. The molecule has 92 valence electrons. The third-order valence-electron chi connectivity index (χ3n) is 2.66. The van der Waals surface area contributed by atoms with Crippen LogP contribution < -0.4 is 0 Å². The predicted molar refractivity (Wildman–Crippen MR) is 71.9 cm³/mol. The van der Waals surface area contributed by atoms with Gasteiger partial charge in [0.2, 0.25) is 0 Å². The first-order valence-corrected chi connectivity index (χ1v) is 6.51. The number of benzene rings is 1. The monoisotopic (exact) mass is 259 g/mol. The number of hydrogen-bond acceptors (Lipinski definition) is 3. The molecule has 1 aromatic heterocycles. The summed E-state index contributed by atoms with van der Waals surface area (Å²) in [5.41, 5.74) is 2.73. The van der Waals surface area contributed by atoms with E-state index >= 15 is 0 Å². The van der Waals surface area contributed by atoms with Gasteiger partial charge >= 0.3 is 5.97 Å². The van der Waals surface area contributed by atoms with Crippen molar-refractivity contribution in [3.8, 4) is 0 Å². The van der Waals surface area contributed by atoms with Crippen LogP contribution >= 0.6 is 11.8 Å². The topological polar surface area (TPSA) is 50.2 Å². The highest BCUT2D eigenvalue weighted by Gasteiger charge is 2.10. The maximum Gasteiger partial charge on any atom is 0.336 e. The van der Waals surface area contributed by atoms with E-state index in [1.807, 2.05) is 12.1 Å². The molecule has 0 saturated heterocycles. The third kappa shape index (κ3) is 2.90. The van der Waals surface area contributed by atoms with Gasteiger partial charge in [0.15, 0.2) is 0 Å². The average molecular weight is 259 g/mol. The summed E-state index contributed by atoms with van der Waals surface area (Å²) in [6, 6.07) is 9.62. The number of rotatable bonds is 4. The highest BCUT2D eigenvalue weighted by Crippen LogP contribution is 2.26. The van der Waals surface area contributed by atoms with Gasteiger partial charge in [-0.25, -0.2) is 4.79 Å². The second-order valence-corrected chi connectivity index (χ2v) is 4.91. The maximum absolute atomic E-state index is 11.1. The van der Waals surface area contributed by atoms with Crippen molar-refractivity contribution in [2.45, 2.75) is 17.6 Å². The number of pyridine rings is 1. The van der Waals surface area contributed by atoms with E-state index in [1.54, 1.807) is 6.20 Å². The van der Waals surface area contributed by atoms with Gasteiger partial charge in [0.05, 0.1) is 5.56 Å². The van der Waals surface area contributed by atoms with Gasteiger partial charge in [-0.15, -0.1) is 11.8 Å². The van der Waals surface area contributed by atoms with Gasteiger partial charge in [0.25, 0.3) is 0 Å². The summed E-state index contributed by atoms with van der Waals surface area (Å²) in [6.07, 6.45) is 3.10. The lowest BCUT2D eigenvalue weighted by Gasteiger charge is -2.07. The minimum atomic E-state index is -0.912. The van der Waals surface area contributed by atoms with E-state index in [1.165, 1.54) is 35.2 Å². The SMILES string of the molecule is Cc1ccccc1CSc1cnccc1C(=O)O. The Hall–Kier alpha value is -1.81. The van der Waals surface area contributed by atoms with Crippen molar-refractivity contribution in [1.29, 1.82) is 0 Å². The van der Waals surface area contributed by atoms with Crippen molar-refractivity contribution >= 4 is 17.7 Å². The van der Waals surface area contributed by atoms with Crippen molar-refractivity contribution in [3.05, 3.63) is 59.4 Å². The molecule has 0 aliphatic carbocycles. The normalized spacial score (nSPS) is 10.3. The molecule has 4 heteroatoms. The van der Waals surface area contributed by atoms with Crippen molar-refractivity contribution < 1.29 is 9.90 Å². The Morgan fingerprint density at radius 3 is 2.83 bits per heavy atom. The van der Waals surface area contributed by atoms with Crippen LogP contribution in [0, 0.1) is 6.92 Å². The summed E-state index contributed by atoms with van der Waals surface area (Å²) in [7, 11) is 0. The molecule has 0 amide bonds. The van der Waals surface area contributed by atoms with Gasteiger partial charge < -0.3 is 5.11 Å². The van der Waals surface area contributed by atoms with Crippen LogP contribution in [0.2, 0.25) is 0 Å². The van der Waals surface area contributed by atoms with Gasteiger partial charge in [0.1, 0.15) is 0 Å². The van der Waals surface area contributed by atoms with E-state index in [9.17, 15) is 4.79 Å². The smallest absolute Gasteiger partial charge is 0.336 e. The summed E-state index contributed by atoms with van der Waals surface area (Å²) in [5, 5.41) is 9.08. The van der Waals surface area contributed by atoms with Crippen LogP contribution in [0.3, 0.4) is 0 Å². The molecule has 0 saturated carbocycles. The fraction of sp³-hybridized carbons (Fsp3) is 0.143. The molecule has 0 fully saturated rings. The fourth-order valence-electron chi connectivity index (χ4n) is 1.60.